The van der Waals surface area contributed by atoms with Crippen molar-refractivity contribution in [2.45, 2.75) is 20.4 Å². The SMILES string of the molecule is Cc1cc(F)cc(C)c1Nn1c(CN)nc2cccc(Cl)c2c1=O. The number of anilines is 1. The first-order chi connectivity index (χ1) is 11.4. The lowest BCUT2D eigenvalue weighted by Crippen LogP contribution is -2.32. The second-order valence-electron chi connectivity index (χ2n) is 5.53. The van der Waals surface area contributed by atoms with Crippen molar-refractivity contribution in [3.8, 4) is 0 Å². The van der Waals surface area contributed by atoms with Gasteiger partial charge in [0.25, 0.3) is 5.56 Å². The zero-order valence-electron chi connectivity index (χ0n) is 13.2. The van der Waals surface area contributed by atoms with E-state index in [1.165, 1.54) is 16.8 Å². The molecule has 1 heterocycles. The van der Waals surface area contributed by atoms with Crippen LogP contribution < -0.4 is 16.7 Å². The van der Waals surface area contributed by atoms with Crippen molar-refractivity contribution in [1.82, 2.24) is 9.66 Å². The Labute approximate surface area is 142 Å². The molecule has 0 aliphatic heterocycles. The molecule has 0 aliphatic rings. The molecular formula is C17H16ClFN4O. The molecule has 24 heavy (non-hydrogen) atoms. The highest BCUT2D eigenvalue weighted by molar-refractivity contribution is 6.35. The maximum Gasteiger partial charge on any atom is 0.281 e. The summed E-state index contributed by atoms with van der Waals surface area (Å²) in [7, 11) is 0. The molecule has 3 rings (SSSR count). The third-order valence-corrected chi connectivity index (χ3v) is 4.13. The highest BCUT2D eigenvalue weighted by atomic mass is 35.5. The first-order valence-corrected chi connectivity index (χ1v) is 7.74. The molecule has 0 radical (unpaired) electrons. The molecule has 0 bridgehead atoms. The topological polar surface area (TPSA) is 72.9 Å². The van der Waals surface area contributed by atoms with E-state index in [1.807, 2.05) is 0 Å². The van der Waals surface area contributed by atoms with Gasteiger partial charge in [-0.25, -0.2) is 14.1 Å². The van der Waals surface area contributed by atoms with Gasteiger partial charge in [0.05, 0.1) is 28.2 Å². The van der Waals surface area contributed by atoms with Crippen molar-refractivity contribution in [2.24, 2.45) is 5.73 Å². The number of rotatable bonds is 3. The molecule has 5 nitrogen and oxygen atoms in total. The van der Waals surface area contributed by atoms with Crippen LogP contribution in [-0.4, -0.2) is 9.66 Å². The third-order valence-electron chi connectivity index (χ3n) is 3.82. The Morgan fingerprint density at radius 2 is 1.96 bits per heavy atom. The third kappa shape index (κ3) is 2.74. The second-order valence-corrected chi connectivity index (χ2v) is 5.94. The molecule has 0 saturated heterocycles. The molecular weight excluding hydrogens is 331 g/mol. The number of halogens is 2. The number of nitrogens with two attached hydrogens (primary N) is 1. The molecule has 0 unspecified atom stereocenters. The van der Waals surface area contributed by atoms with Crippen LogP contribution in [0.4, 0.5) is 10.1 Å². The van der Waals surface area contributed by atoms with Crippen molar-refractivity contribution in [3.63, 3.8) is 0 Å². The Morgan fingerprint density at radius 1 is 1.29 bits per heavy atom. The molecule has 2 aromatic carbocycles. The van der Waals surface area contributed by atoms with Crippen LogP contribution in [0.15, 0.2) is 35.1 Å². The summed E-state index contributed by atoms with van der Waals surface area (Å²) in [5.74, 6) is 0.0273. The first kappa shape index (κ1) is 16.4. The summed E-state index contributed by atoms with van der Waals surface area (Å²) >= 11 is 6.15. The van der Waals surface area contributed by atoms with Crippen LogP contribution in [0.5, 0.6) is 0 Å². The number of aryl methyl sites for hydroxylation is 2. The second kappa shape index (κ2) is 6.22. The average molecular weight is 347 g/mol. The van der Waals surface area contributed by atoms with Crippen molar-refractivity contribution in [1.29, 1.82) is 0 Å². The van der Waals surface area contributed by atoms with E-state index in [0.29, 0.717) is 38.6 Å². The van der Waals surface area contributed by atoms with Gasteiger partial charge in [0, 0.05) is 0 Å². The van der Waals surface area contributed by atoms with E-state index in [0.717, 1.165) is 0 Å². The van der Waals surface area contributed by atoms with Gasteiger partial charge in [-0.05, 0) is 49.2 Å². The fourth-order valence-electron chi connectivity index (χ4n) is 2.69. The van der Waals surface area contributed by atoms with Crippen molar-refractivity contribution < 1.29 is 4.39 Å². The van der Waals surface area contributed by atoms with Gasteiger partial charge in [-0.3, -0.25) is 10.2 Å². The minimum Gasteiger partial charge on any atom is -0.324 e. The van der Waals surface area contributed by atoms with E-state index < -0.39 is 0 Å². The standard InChI is InChI=1S/C17H16ClFN4O/c1-9-6-11(19)7-10(2)16(9)22-23-14(8-20)21-13-5-3-4-12(18)15(13)17(23)24/h3-7,22H,8,20H2,1-2H3. The number of hydrogen-bond donors (Lipinski definition) is 2. The van der Waals surface area contributed by atoms with Crippen molar-refractivity contribution in [3.05, 3.63) is 68.5 Å². The van der Waals surface area contributed by atoms with E-state index in [-0.39, 0.29) is 17.9 Å². The zero-order chi connectivity index (χ0) is 17.4. The molecule has 7 heteroatoms. The summed E-state index contributed by atoms with van der Waals surface area (Å²) in [4.78, 5) is 17.3. The normalized spacial score (nSPS) is 11.0. The molecule has 0 saturated carbocycles. The Kier molecular flexibility index (Phi) is 4.26. The summed E-state index contributed by atoms with van der Waals surface area (Å²) in [5.41, 5.74) is 10.9. The number of nitrogens with one attached hydrogen (secondary N) is 1. The smallest absolute Gasteiger partial charge is 0.281 e. The largest absolute Gasteiger partial charge is 0.324 e. The van der Waals surface area contributed by atoms with Crippen molar-refractivity contribution >= 4 is 28.2 Å². The lowest BCUT2D eigenvalue weighted by molar-refractivity contribution is 0.625. The van der Waals surface area contributed by atoms with Crippen LogP contribution in [0.25, 0.3) is 10.9 Å². The molecule has 0 amide bonds. The molecule has 0 aliphatic carbocycles. The molecule has 124 valence electrons. The Balaban J connectivity index is 2.25. The summed E-state index contributed by atoms with van der Waals surface area (Å²) in [6, 6.07) is 7.85. The summed E-state index contributed by atoms with van der Waals surface area (Å²) in [6.07, 6.45) is 0. The van der Waals surface area contributed by atoms with E-state index in [1.54, 1.807) is 32.0 Å². The molecule has 1 aromatic heterocycles. The summed E-state index contributed by atoms with van der Waals surface area (Å²) in [6.45, 7) is 3.57. The van der Waals surface area contributed by atoms with Gasteiger partial charge in [0.2, 0.25) is 0 Å². The van der Waals surface area contributed by atoms with Gasteiger partial charge in [0.15, 0.2) is 0 Å². The minimum absolute atomic E-state index is 0.0595. The number of benzene rings is 2. The van der Waals surface area contributed by atoms with E-state index in [2.05, 4.69) is 10.4 Å². The summed E-state index contributed by atoms with van der Waals surface area (Å²) < 4.78 is 14.8. The maximum atomic E-state index is 13.5. The van der Waals surface area contributed by atoms with Gasteiger partial charge in [-0.1, -0.05) is 17.7 Å². The van der Waals surface area contributed by atoms with Gasteiger partial charge >= 0.3 is 0 Å². The number of fused-ring (bicyclic) bond motifs is 1. The Morgan fingerprint density at radius 3 is 2.58 bits per heavy atom. The Hall–Kier alpha value is -2.44. The maximum absolute atomic E-state index is 13.5. The monoisotopic (exact) mass is 346 g/mol. The van der Waals surface area contributed by atoms with Gasteiger partial charge in [-0.15, -0.1) is 0 Å². The quantitative estimate of drug-likeness (QED) is 0.764. The van der Waals surface area contributed by atoms with Crippen LogP contribution in [0, 0.1) is 19.7 Å². The molecule has 3 N–H and O–H groups in total. The molecule has 0 atom stereocenters. The molecule has 3 aromatic rings. The molecule has 0 spiro atoms. The van der Waals surface area contributed by atoms with Gasteiger partial charge in [-0.2, -0.15) is 0 Å². The summed E-state index contributed by atoms with van der Waals surface area (Å²) in [5, 5.41) is 0.623. The predicted octanol–water partition coefficient (Wildman–Crippen LogP) is 3.14. The number of aromatic nitrogens is 2. The highest BCUT2D eigenvalue weighted by Crippen LogP contribution is 2.23. The predicted molar refractivity (Wildman–Crippen MR) is 93.8 cm³/mol. The average Bonchev–Trinajstić information content (AvgIpc) is 2.52. The fourth-order valence-corrected chi connectivity index (χ4v) is 2.94. The highest BCUT2D eigenvalue weighted by Gasteiger charge is 2.14. The van der Waals surface area contributed by atoms with Crippen LogP contribution in [-0.2, 0) is 6.54 Å². The van der Waals surface area contributed by atoms with Crippen LogP contribution in [0.2, 0.25) is 5.02 Å². The first-order valence-electron chi connectivity index (χ1n) is 7.36. The minimum atomic E-state index is -0.353. The lowest BCUT2D eigenvalue weighted by atomic mass is 10.1. The Bertz CT molecular complexity index is 977. The van der Waals surface area contributed by atoms with Gasteiger partial charge in [0.1, 0.15) is 11.6 Å². The molecule has 0 fully saturated rings. The number of nitrogens with zero attached hydrogens (tertiary/aromatic N) is 2. The lowest BCUT2D eigenvalue weighted by Gasteiger charge is -2.18. The van der Waals surface area contributed by atoms with Crippen LogP contribution >= 0.6 is 11.6 Å². The van der Waals surface area contributed by atoms with Gasteiger partial charge < -0.3 is 5.73 Å². The zero-order valence-corrected chi connectivity index (χ0v) is 14.0. The number of hydrogen-bond acceptors (Lipinski definition) is 4. The van der Waals surface area contributed by atoms with Crippen LogP contribution in [0.1, 0.15) is 17.0 Å². The fraction of sp³-hybridized carbons (Fsp3) is 0.176. The van der Waals surface area contributed by atoms with Crippen LogP contribution in [0.3, 0.4) is 0 Å². The van der Waals surface area contributed by atoms with E-state index >= 15 is 0 Å². The van der Waals surface area contributed by atoms with E-state index in [9.17, 15) is 9.18 Å². The van der Waals surface area contributed by atoms with Crippen molar-refractivity contribution in [2.75, 3.05) is 5.43 Å². The van der Waals surface area contributed by atoms with E-state index in [4.69, 9.17) is 17.3 Å².